The molecule has 2 saturated heterocycles. The molecule has 0 amide bonds. The third-order valence-electron chi connectivity index (χ3n) is 6.72. The van der Waals surface area contributed by atoms with Gasteiger partial charge in [0.1, 0.15) is 0 Å². The lowest BCUT2D eigenvalue weighted by molar-refractivity contribution is -0.0488. The van der Waals surface area contributed by atoms with E-state index in [2.05, 4.69) is 39.9 Å². The summed E-state index contributed by atoms with van der Waals surface area (Å²) in [7, 11) is 0. The zero-order valence-electron chi connectivity index (χ0n) is 18.3. The number of nitrogens with zero attached hydrogens (tertiary/aromatic N) is 2. The SMILES string of the molecule is O=C(O)c1cccc(CN2CCC(c3cn(CCC4OCCO4)c4ccccc34)CC2)c1. The topological polar surface area (TPSA) is 63.9 Å². The molecule has 1 N–H and O–H groups in total. The summed E-state index contributed by atoms with van der Waals surface area (Å²) >= 11 is 0. The van der Waals surface area contributed by atoms with Gasteiger partial charge in [-0.1, -0.05) is 30.3 Å². The van der Waals surface area contributed by atoms with Crippen LogP contribution in [0.15, 0.2) is 54.7 Å². The first-order chi connectivity index (χ1) is 15.7. The molecule has 6 nitrogen and oxygen atoms in total. The first-order valence-corrected chi connectivity index (χ1v) is 11.5. The van der Waals surface area contributed by atoms with Crippen LogP contribution < -0.4 is 0 Å². The highest BCUT2D eigenvalue weighted by molar-refractivity contribution is 5.87. The molecule has 3 heterocycles. The molecule has 0 spiro atoms. The normalized spacial score (nSPS) is 18.5. The van der Waals surface area contributed by atoms with Gasteiger partial charge in [-0.2, -0.15) is 0 Å². The maximum absolute atomic E-state index is 11.2. The molecule has 168 valence electrons. The van der Waals surface area contributed by atoms with E-state index in [1.165, 1.54) is 16.5 Å². The van der Waals surface area contributed by atoms with Gasteiger partial charge in [0.05, 0.1) is 18.8 Å². The van der Waals surface area contributed by atoms with Gasteiger partial charge in [0.2, 0.25) is 0 Å². The van der Waals surface area contributed by atoms with E-state index in [1.807, 2.05) is 12.1 Å². The Morgan fingerprint density at radius 2 is 1.81 bits per heavy atom. The lowest BCUT2D eigenvalue weighted by Crippen LogP contribution is -2.32. The molecule has 2 aliphatic heterocycles. The number of hydrogen-bond acceptors (Lipinski definition) is 4. The number of rotatable bonds is 7. The number of likely N-dealkylation sites (tertiary alicyclic amines) is 1. The van der Waals surface area contributed by atoms with Gasteiger partial charge in [-0.15, -0.1) is 0 Å². The minimum Gasteiger partial charge on any atom is -0.478 e. The molecule has 2 aromatic carbocycles. The maximum atomic E-state index is 11.2. The van der Waals surface area contributed by atoms with Gasteiger partial charge in [-0.05, 0) is 61.2 Å². The van der Waals surface area contributed by atoms with Gasteiger partial charge in [-0.25, -0.2) is 4.79 Å². The number of ether oxygens (including phenoxy) is 2. The third-order valence-corrected chi connectivity index (χ3v) is 6.72. The molecule has 2 aliphatic rings. The number of aryl methyl sites for hydroxylation is 1. The van der Waals surface area contributed by atoms with E-state index < -0.39 is 5.97 Å². The number of para-hydroxylation sites is 1. The number of benzene rings is 2. The van der Waals surface area contributed by atoms with E-state index in [0.717, 1.165) is 51.0 Å². The van der Waals surface area contributed by atoms with Crippen molar-refractivity contribution in [3.05, 3.63) is 71.4 Å². The van der Waals surface area contributed by atoms with Gasteiger partial charge in [0, 0.05) is 36.6 Å². The Morgan fingerprint density at radius 3 is 2.59 bits per heavy atom. The van der Waals surface area contributed by atoms with Crippen LogP contribution in [0.4, 0.5) is 0 Å². The van der Waals surface area contributed by atoms with Gasteiger partial charge in [0.15, 0.2) is 6.29 Å². The number of piperidine rings is 1. The van der Waals surface area contributed by atoms with E-state index >= 15 is 0 Å². The van der Waals surface area contributed by atoms with E-state index in [4.69, 9.17) is 9.47 Å². The second-order valence-electron chi connectivity index (χ2n) is 8.81. The third kappa shape index (κ3) is 4.58. The average molecular weight is 435 g/mol. The predicted octanol–water partition coefficient (Wildman–Crippen LogP) is 4.48. The summed E-state index contributed by atoms with van der Waals surface area (Å²) in [5, 5.41) is 10.6. The Bertz CT molecular complexity index is 1080. The fourth-order valence-electron chi connectivity index (χ4n) is 5.07. The summed E-state index contributed by atoms with van der Waals surface area (Å²) in [6, 6.07) is 16.0. The Balaban J connectivity index is 1.25. The van der Waals surface area contributed by atoms with Crippen molar-refractivity contribution < 1.29 is 19.4 Å². The van der Waals surface area contributed by atoms with Crippen LogP contribution in [0.1, 0.15) is 46.7 Å². The predicted molar refractivity (Wildman–Crippen MR) is 123 cm³/mol. The van der Waals surface area contributed by atoms with Crippen LogP contribution >= 0.6 is 0 Å². The summed E-state index contributed by atoms with van der Waals surface area (Å²) in [4.78, 5) is 13.7. The molecule has 0 aliphatic carbocycles. The van der Waals surface area contributed by atoms with E-state index in [0.29, 0.717) is 24.7 Å². The molecule has 0 saturated carbocycles. The van der Waals surface area contributed by atoms with Crippen LogP contribution in [0.25, 0.3) is 10.9 Å². The quantitative estimate of drug-likeness (QED) is 0.594. The first-order valence-electron chi connectivity index (χ1n) is 11.5. The molecule has 5 rings (SSSR count). The molecule has 0 radical (unpaired) electrons. The number of hydrogen-bond donors (Lipinski definition) is 1. The van der Waals surface area contributed by atoms with Crippen LogP contribution in [-0.4, -0.2) is 53.1 Å². The summed E-state index contributed by atoms with van der Waals surface area (Å²) in [5.41, 5.74) is 4.16. The molecule has 32 heavy (non-hydrogen) atoms. The highest BCUT2D eigenvalue weighted by atomic mass is 16.7. The fraction of sp³-hybridized carbons (Fsp3) is 0.423. The lowest BCUT2D eigenvalue weighted by Gasteiger charge is -2.32. The Morgan fingerprint density at radius 1 is 1.03 bits per heavy atom. The molecule has 1 aromatic heterocycles. The van der Waals surface area contributed by atoms with E-state index in [-0.39, 0.29) is 6.29 Å². The van der Waals surface area contributed by atoms with Crippen molar-refractivity contribution in [1.29, 1.82) is 0 Å². The maximum Gasteiger partial charge on any atom is 0.335 e. The average Bonchev–Trinajstić information content (AvgIpc) is 3.46. The van der Waals surface area contributed by atoms with Crippen LogP contribution in [0.3, 0.4) is 0 Å². The zero-order chi connectivity index (χ0) is 21.9. The van der Waals surface area contributed by atoms with Crippen LogP contribution in [-0.2, 0) is 22.6 Å². The second kappa shape index (κ2) is 9.45. The van der Waals surface area contributed by atoms with Gasteiger partial charge < -0.3 is 19.1 Å². The molecular formula is C26H30N2O4. The number of carbonyl (C=O) groups is 1. The first kappa shape index (κ1) is 21.2. The Labute approximate surface area is 188 Å². The zero-order valence-corrected chi connectivity index (χ0v) is 18.3. The number of aromatic nitrogens is 1. The standard InChI is InChI=1S/C26H30N2O4/c29-26(30)21-5-3-4-19(16-21)17-27-11-8-20(9-12-27)23-18-28(13-10-25-31-14-15-32-25)24-7-2-1-6-22(23)24/h1-7,16,18,20,25H,8-15,17H2,(H,29,30). The van der Waals surface area contributed by atoms with Crippen LogP contribution in [0.2, 0.25) is 0 Å². The highest BCUT2D eigenvalue weighted by Gasteiger charge is 2.24. The minimum absolute atomic E-state index is 0.0810. The molecule has 2 fully saturated rings. The van der Waals surface area contributed by atoms with Crippen molar-refractivity contribution in [3.63, 3.8) is 0 Å². The summed E-state index contributed by atoms with van der Waals surface area (Å²) < 4.78 is 13.6. The minimum atomic E-state index is -0.868. The molecule has 0 atom stereocenters. The van der Waals surface area contributed by atoms with Crippen molar-refractivity contribution in [3.8, 4) is 0 Å². The van der Waals surface area contributed by atoms with Crippen molar-refractivity contribution in [2.45, 2.75) is 44.6 Å². The monoisotopic (exact) mass is 434 g/mol. The number of aromatic carboxylic acids is 1. The molecule has 3 aromatic rings. The Kier molecular flexibility index (Phi) is 6.26. The molecule has 0 unspecified atom stereocenters. The number of fused-ring (bicyclic) bond motifs is 1. The summed E-state index contributed by atoms with van der Waals surface area (Å²) in [6.07, 6.45) is 5.35. The van der Waals surface area contributed by atoms with Crippen molar-refractivity contribution >= 4 is 16.9 Å². The van der Waals surface area contributed by atoms with Crippen molar-refractivity contribution in [2.75, 3.05) is 26.3 Å². The lowest BCUT2D eigenvalue weighted by atomic mass is 9.89. The molecular weight excluding hydrogens is 404 g/mol. The van der Waals surface area contributed by atoms with Gasteiger partial charge >= 0.3 is 5.97 Å². The second-order valence-corrected chi connectivity index (χ2v) is 8.81. The van der Waals surface area contributed by atoms with Crippen molar-refractivity contribution in [1.82, 2.24) is 9.47 Å². The summed E-state index contributed by atoms with van der Waals surface area (Å²) in [5.74, 6) is -0.324. The molecule has 6 heteroatoms. The van der Waals surface area contributed by atoms with E-state index in [9.17, 15) is 9.90 Å². The smallest absolute Gasteiger partial charge is 0.335 e. The van der Waals surface area contributed by atoms with Gasteiger partial charge in [-0.3, -0.25) is 4.90 Å². The highest BCUT2D eigenvalue weighted by Crippen LogP contribution is 2.35. The molecule has 0 bridgehead atoms. The van der Waals surface area contributed by atoms with E-state index in [1.54, 1.807) is 12.1 Å². The number of carboxylic acid groups (broad SMARTS) is 1. The van der Waals surface area contributed by atoms with Crippen LogP contribution in [0, 0.1) is 0 Å². The Hall–Kier alpha value is -2.67. The van der Waals surface area contributed by atoms with Crippen LogP contribution in [0.5, 0.6) is 0 Å². The summed E-state index contributed by atoms with van der Waals surface area (Å²) in [6.45, 7) is 5.13. The number of carboxylic acids is 1. The fourth-order valence-corrected chi connectivity index (χ4v) is 5.07. The van der Waals surface area contributed by atoms with Gasteiger partial charge in [0.25, 0.3) is 0 Å². The largest absolute Gasteiger partial charge is 0.478 e. The van der Waals surface area contributed by atoms with Crippen molar-refractivity contribution in [2.24, 2.45) is 0 Å².